The van der Waals surface area contributed by atoms with E-state index in [1.807, 2.05) is 45.0 Å². The summed E-state index contributed by atoms with van der Waals surface area (Å²) in [7, 11) is 0. The van der Waals surface area contributed by atoms with Gasteiger partial charge in [0, 0.05) is 17.8 Å². The van der Waals surface area contributed by atoms with Crippen molar-refractivity contribution in [1.82, 2.24) is 15.3 Å². The second-order valence-corrected chi connectivity index (χ2v) is 4.99. The largest absolute Gasteiger partial charge is 0.383 e. The van der Waals surface area contributed by atoms with Crippen LogP contribution in [-0.2, 0) is 0 Å². The third-order valence-electron chi connectivity index (χ3n) is 2.79. The van der Waals surface area contributed by atoms with E-state index in [0.29, 0.717) is 11.4 Å². The minimum atomic E-state index is -0.257. The average molecular weight is 270 g/mol. The van der Waals surface area contributed by atoms with Gasteiger partial charge in [0.15, 0.2) is 5.82 Å². The Hall–Kier alpha value is -2.43. The Labute approximate surface area is 118 Å². The molecule has 1 aromatic heterocycles. The number of nitrogens with two attached hydrogens (primary N) is 1. The van der Waals surface area contributed by atoms with Crippen LogP contribution in [-0.4, -0.2) is 21.9 Å². The van der Waals surface area contributed by atoms with Crippen LogP contribution in [0.5, 0.6) is 0 Å². The standard InChI is InChI=1S/C15H18N4O/c1-9(2)18-15(20)12-8-17-14(19-13(12)16)11-6-4-10(3)5-7-11/h4-9H,1-3H3,(H,18,20)(H2,16,17,19). The van der Waals surface area contributed by atoms with Crippen LogP contribution in [0.2, 0.25) is 0 Å². The highest BCUT2D eigenvalue weighted by molar-refractivity contribution is 5.98. The van der Waals surface area contributed by atoms with Crippen LogP contribution in [0.4, 0.5) is 5.82 Å². The summed E-state index contributed by atoms with van der Waals surface area (Å²) >= 11 is 0. The summed E-state index contributed by atoms with van der Waals surface area (Å²) in [5.74, 6) is 0.449. The van der Waals surface area contributed by atoms with Crippen molar-refractivity contribution in [3.05, 3.63) is 41.6 Å². The Morgan fingerprint density at radius 3 is 2.45 bits per heavy atom. The minimum Gasteiger partial charge on any atom is -0.383 e. The van der Waals surface area contributed by atoms with E-state index >= 15 is 0 Å². The maximum atomic E-state index is 11.9. The lowest BCUT2D eigenvalue weighted by Gasteiger charge is -2.10. The smallest absolute Gasteiger partial charge is 0.256 e. The van der Waals surface area contributed by atoms with E-state index in [4.69, 9.17) is 5.73 Å². The van der Waals surface area contributed by atoms with Gasteiger partial charge in [-0.25, -0.2) is 9.97 Å². The number of hydrogen-bond donors (Lipinski definition) is 2. The first-order valence-corrected chi connectivity index (χ1v) is 6.48. The summed E-state index contributed by atoms with van der Waals surface area (Å²) in [6, 6.07) is 7.86. The van der Waals surface area contributed by atoms with E-state index in [1.165, 1.54) is 6.20 Å². The van der Waals surface area contributed by atoms with Gasteiger partial charge in [-0.15, -0.1) is 0 Å². The van der Waals surface area contributed by atoms with Gasteiger partial charge in [0.05, 0.1) is 5.56 Å². The molecule has 0 fully saturated rings. The highest BCUT2D eigenvalue weighted by atomic mass is 16.1. The molecular formula is C15H18N4O. The second kappa shape index (κ2) is 5.69. The highest BCUT2D eigenvalue weighted by Gasteiger charge is 2.13. The molecule has 2 rings (SSSR count). The Kier molecular flexibility index (Phi) is 3.98. The highest BCUT2D eigenvalue weighted by Crippen LogP contribution is 2.18. The third-order valence-corrected chi connectivity index (χ3v) is 2.79. The number of amides is 1. The lowest BCUT2D eigenvalue weighted by atomic mass is 10.1. The predicted molar refractivity (Wildman–Crippen MR) is 79.2 cm³/mol. The van der Waals surface area contributed by atoms with Crippen molar-refractivity contribution >= 4 is 11.7 Å². The molecule has 104 valence electrons. The quantitative estimate of drug-likeness (QED) is 0.895. The number of rotatable bonds is 3. The first-order valence-electron chi connectivity index (χ1n) is 6.48. The predicted octanol–water partition coefficient (Wildman–Crippen LogP) is 2.17. The molecule has 1 aromatic carbocycles. The number of nitrogens with zero attached hydrogens (tertiary/aromatic N) is 2. The van der Waals surface area contributed by atoms with Crippen LogP contribution in [0.15, 0.2) is 30.5 Å². The van der Waals surface area contributed by atoms with E-state index in [0.717, 1.165) is 11.1 Å². The number of anilines is 1. The Bertz CT molecular complexity index is 620. The van der Waals surface area contributed by atoms with Crippen molar-refractivity contribution in [1.29, 1.82) is 0 Å². The van der Waals surface area contributed by atoms with Gasteiger partial charge < -0.3 is 11.1 Å². The molecule has 1 amide bonds. The first-order chi connectivity index (χ1) is 9.47. The molecule has 0 bridgehead atoms. The van der Waals surface area contributed by atoms with Gasteiger partial charge in [0.1, 0.15) is 5.82 Å². The van der Waals surface area contributed by atoms with Gasteiger partial charge in [0.25, 0.3) is 5.91 Å². The molecule has 2 aromatic rings. The molecule has 0 saturated carbocycles. The van der Waals surface area contributed by atoms with Crippen molar-refractivity contribution in [3.8, 4) is 11.4 Å². The SMILES string of the molecule is Cc1ccc(-c2ncc(C(=O)NC(C)C)c(N)n2)cc1. The monoisotopic (exact) mass is 270 g/mol. The van der Waals surface area contributed by atoms with Crippen LogP contribution in [0.25, 0.3) is 11.4 Å². The van der Waals surface area contributed by atoms with Gasteiger partial charge >= 0.3 is 0 Å². The van der Waals surface area contributed by atoms with Gasteiger partial charge in [-0.3, -0.25) is 4.79 Å². The van der Waals surface area contributed by atoms with Crippen molar-refractivity contribution in [2.75, 3.05) is 5.73 Å². The normalized spacial score (nSPS) is 10.6. The lowest BCUT2D eigenvalue weighted by Crippen LogP contribution is -2.31. The molecule has 0 aliphatic rings. The van der Waals surface area contributed by atoms with Crippen LogP contribution >= 0.6 is 0 Å². The minimum absolute atomic E-state index is 0.0404. The first kappa shape index (κ1) is 14.0. The van der Waals surface area contributed by atoms with Gasteiger partial charge in [-0.1, -0.05) is 29.8 Å². The summed E-state index contributed by atoms with van der Waals surface area (Å²) in [4.78, 5) is 20.3. The molecular weight excluding hydrogens is 252 g/mol. The van der Waals surface area contributed by atoms with E-state index < -0.39 is 0 Å². The van der Waals surface area contributed by atoms with Gasteiger partial charge in [-0.2, -0.15) is 0 Å². The van der Waals surface area contributed by atoms with Crippen LogP contribution in [0.1, 0.15) is 29.8 Å². The van der Waals surface area contributed by atoms with Gasteiger partial charge in [0.2, 0.25) is 0 Å². The number of nitrogen functional groups attached to an aromatic ring is 1. The Balaban J connectivity index is 2.30. The average Bonchev–Trinajstić information content (AvgIpc) is 2.38. The lowest BCUT2D eigenvalue weighted by molar-refractivity contribution is 0.0943. The Morgan fingerprint density at radius 2 is 1.90 bits per heavy atom. The molecule has 0 atom stereocenters. The molecule has 5 heteroatoms. The molecule has 0 unspecified atom stereocenters. The van der Waals surface area contributed by atoms with Crippen LogP contribution in [0, 0.1) is 6.92 Å². The zero-order valence-corrected chi connectivity index (χ0v) is 11.8. The van der Waals surface area contributed by atoms with Crippen LogP contribution < -0.4 is 11.1 Å². The number of hydrogen-bond acceptors (Lipinski definition) is 4. The fraction of sp³-hybridized carbons (Fsp3) is 0.267. The topological polar surface area (TPSA) is 80.9 Å². The molecule has 0 spiro atoms. The van der Waals surface area contributed by atoms with Crippen molar-refractivity contribution in [3.63, 3.8) is 0 Å². The molecule has 0 aliphatic heterocycles. The molecule has 0 saturated heterocycles. The van der Waals surface area contributed by atoms with Gasteiger partial charge in [-0.05, 0) is 20.8 Å². The maximum absolute atomic E-state index is 11.9. The number of aromatic nitrogens is 2. The van der Waals surface area contributed by atoms with Crippen molar-refractivity contribution in [2.24, 2.45) is 0 Å². The number of benzene rings is 1. The third kappa shape index (κ3) is 3.12. The fourth-order valence-electron chi connectivity index (χ4n) is 1.75. The maximum Gasteiger partial charge on any atom is 0.256 e. The fourth-order valence-corrected chi connectivity index (χ4v) is 1.75. The summed E-state index contributed by atoms with van der Waals surface area (Å²) in [6.45, 7) is 5.78. The molecule has 1 heterocycles. The van der Waals surface area contributed by atoms with E-state index in [9.17, 15) is 4.79 Å². The molecule has 5 nitrogen and oxygen atoms in total. The Morgan fingerprint density at radius 1 is 1.25 bits per heavy atom. The van der Waals surface area contributed by atoms with E-state index in [1.54, 1.807) is 0 Å². The molecule has 3 N–H and O–H groups in total. The van der Waals surface area contributed by atoms with Crippen molar-refractivity contribution in [2.45, 2.75) is 26.8 Å². The van der Waals surface area contributed by atoms with E-state index in [2.05, 4.69) is 15.3 Å². The summed E-state index contributed by atoms with van der Waals surface area (Å²) in [5.41, 5.74) is 8.19. The molecule has 0 aliphatic carbocycles. The summed E-state index contributed by atoms with van der Waals surface area (Å²) < 4.78 is 0. The number of aryl methyl sites for hydroxylation is 1. The summed E-state index contributed by atoms with van der Waals surface area (Å²) in [5, 5.41) is 2.77. The van der Waals surface area contributed by atoms with Crippen molar-refractivity contribution < 1.29 is 4.79 Å². The number of nitrogens with one attached hydrogen (secondary N) is 1. The zero-order chi connectivity index (χ0) is 14.7. The number of carbonyl (C=O) groups excluding carboxylic acids is 1. The number of carbonyl (C=O) groups is 1. The molecule has 0 radical (unpaired) electrons. The molecule has 20 heavy (non-hydrogen) atoms. The van der Waals surface area contributed by atoms with E-state index in [-0.39, 0.29) is 17.8 Å². The summed E-state index contributed by atoms with van der Waals surface area (Å²) in [6.07, 6.45) is 1.47. The second-order valence-electron chi connectivity index (χ2n) is 4.99. The van der Waals surface area contributed by atoms with Crippen LogP contribution in [0.3, 0.4) is 0 Å². The zero-order valence-electron chi connectivity index (χ0n) is 11.8.